The number of nitrogens with one attached hydrogen (secondary N) is 1. The van der Waals surface area contributed by atoms with Gasteiger partial charge >= 0.3 is 5.97 Å². The summed E-state index contributed by atoms with van der Waals surface area (Å²) in [5.74, 6) is 1.08. The molecule has 6 heteroatoms. The van der Waals surface area contributed by atoms with Gasteiger partial charge in [-0.05, 0) is 26.7 Å². The van der Waals surface area contributed by atoms with Crippen molar-refractivity contribution in [2.24, 2.45) is 0 Å². The number of hydrogen-bond donors (Lipinski definition) is 2. The number of aryl methyl sites for hydroxylation is 1. The molecule has 0 radical (unpaired) electrons. The molecule has 0 spiro atoms. The van der Waals surface area contributed by atoms with Crippen LogP contribution in [0.2, 0.25) is 0 Å². The standard InChI is InChI=1S/C12H19N3O3/c1-8(5-4-6-12(16)17)13-10-7-11(18-3)15-9(2)14-10/h7-8H,4-6H2,1-3H3,(H,16,17)(H,13,14,15). The Bertz CT molecular complexity index is 410. The zero-order valence-electron chi connectivity index (χ0n) is 10.9. The van der Waals surface area contributed by atoms with E-state index in [1.165, 1.54) is 0 Å². The van der Waals surface area contributed by atoms with Crippen LogP contribution in [0.1, 0.15) is 32.0 Å². The molecule has 1 aromatic heterocycles. The van der Waals surface area contributed by atoms with Gasteiger partial charge in [0.1, 0.15) is 11.6 Å². The maximum atomic E-state index is 10.4. The van der Waals surface area contributed by atoms with Crippen LogP contribution in [0, 0.1) is 6.92 Å². The lowest BCUT2D eigenvalue weighted by atomic mass is 10.1. The summed E-state index contributed by atoms with van der Waals surface area (Å²) in [7, 11) is 1.56. The Labute approximate surface area is 106 Å². The number of hydrogen-bond acceptors (Lipinski definition) is 5. The SMILES string of the molecule is COc1cc(NC(C)CCCC(=O)O)nc(C)n1. The number of aliphatic carboxylic acids is 1. The number of rotatable bonds is 7. The van der Waals surface area contributed by atoms with Crippen LogP contribution in [-0.2, 0) is 4.79 Å². The van der Waals surface area contributed by atoms with E-state index < -0.39 is 5.97 Å². The molecular formula is C12H19N3O3. The lowest BCUT2D eigenvalue weighted by Crippen LogP contribution is -2.17. The van der Waals surface area contributed by atoms with E-state index >= 15 is 0 Å². The Hall–Kier alpha value is -1.85. The van der Waals surface area contributed by atoms with Gasteiger partial charge in [0.05, 0.1) is 7.11 Å². The summed E-state index contributed by atoms with van der Waals surface area (Å²) in [6.07, 6.45) is 1.61. The van der Waals surface area contributed by atoms with Crippen LogP contribution < -0.4 is 10.1 Å². The number of methoxy groups -OCH3 is 1. The van der Waals surface area contributed by atoms with Gasteiger partial charge in [-0.3, -0.25) is 4.79 Å². The van der Waals surface area contributed by atoms with Gasteiger partial charge in [0.2, 0.25) is 5.88 Å². The van der Waals surface area contributed by atoms with E-state index in [4.69, 9.17) is 9.84 Å². The molecule has 0 saturated heterocycles. The van der Waals surface area contributed by atoms with Crippen molar-refractivity contribution < 1.29 is 14.6 Å². The molecule has 100 valence electrons. The molecule has 0 aliphatic heterocycles. The third-order valence-corrected chi connectivity index (χ3v) is 2.45. The Balaban J connectivity index is 2.50. The van der Waals surface area contributed by atoms with Gasteiger partial charge in [0.25, 0.3) is 0 Å². The summed E-state index contributed by atoms with van der Waals surface area (Å²) < 4.78 is 5.06. The molecule has 6 nitrogen and oxygen atoms in total. The lowest BCUT2D eigenvalue weighted by Gasteiger charge is -2.14. The first-order chi connectivity index (χ1) is 8.51. The third kappa shape index (κ3) is 4.99. The number of nitrogens with zero attached hydrogens (tertiary/aromatic N) is 2. The van der Waals surface area contributed by atoms with E-state index in [-0.39, 0.29) is 12.5 Å². The summed E-state index contributed by atoms with van der Waals surface area (Å²) in [4.78, 5) is 18.8. The first kappa shape index (κ1) is 14.2. The topological polar surface area (TPSA) is 84.3 Å². The highest BCUT2D eigenvalue weighted by molar-refractivity contribution is 5.66. The van der Waals surface area contributed by atoms with Gasteiger partial charge in [-0.2, -0.15) is 4.98 Å². The van der Waals surface area contributed by atoms with Gasteiger partial charge in [-0.25, -0.2) is 4.98 Å². The number of carbonyl (C=O) groups is 1. The molecule has 0 amide bonds. The van der Waals surface area contributed by atoms with Gasteiger partial charge in [-0.1, -0.05) is 0 Å². The zero-order chi connectivity index (χ0) is 13.5. The Kier molecular flexibility index (Phi) is 5.35. The largest absolute Gasteiger partial charge is 0.481 e. The number of ether oxygens (including phenoxy) is 1. The van der Waals surface area contributed by atoms with Crippen molar-refractivity contribution in [1.29, 1.82) is 0 Å². The van der Waals surface area contributed by atoms with Crippen molar-refractivity contribution in [1.82, 2.24) is 9.97 Å². The number of carboxylic acids is 1. The van der Waals surface area contributed by atoms with Crippen molar-refractivity contribution in [3.63, 3.8) is 0 Å². The molecule has 1 heterocycles. The Morgan fingerprint density at radius 2 is 2.28 bits per heavy atom. The number of aromatic nitrogens is 2. The van der Waals surface area contributed by atoms with E-state index in [1.54, 1.807) is 20.1 Å². The highest BCUT2D eigenvalue weighted by atomic mass is 16.5. The smallest absolute Gasteiger partial charge is 0.303 e. The highest BCUT2D eigenvalue weighted by Crippen LogP contribution is 2.15. The van der Waals surface area contributed by atoms with Crippen molar-refractivity contribution in [3.8, 4) is 5.88 Å². The van der Waals surface area contributed by atoms with Crippen LogP contribution in [0.25, 0.3) is 0 Å². The minimum atomic E-state index is -0.762. The van der Waals surface area contributed by atoms with Crippen LogP contribution in [0.5, 0.6) is 5.88 Å². The average molecular weight is 253 g/mol. The first-order valence-corrected chi connectivity index (χ1v) is 5.89. The van der Waals surface area contributed by atoms with Gasteiger partial charge in [0, 0.05) is 18.5 Å². The average Bonchev–Trinajstić information content (AvgIpc) is 2.27. The molecular weight excluding hydrogens is 234 g/mol. The Morgan fingerprint density at radius 1 is 1.56 bits per heavy atom. The van der Waals surface area contributed by atoms with Crippen molar-refractivity contribution in [2.45, 2.75) is 39.2 Å². The Morgan fingerprint density at radius 3 is 2.89 bits per heavy atom. The highest BCUT2D eigenvalue weighted by Gasteiger charge is 2.07. The molecule has 1 unspecified atom stereocenters. The number of carboxylic acid groups (broad SMARTS) is 1. The molecule has 1 aromatic rings. The minimum absolute atomic E-state index is 0.156. The summed E-state index contributed by atoms with van der Waals surface area (Å²) in [5, 5.41) is 11.8. The lowest BCUT2D eigenvalue weighted by molar-refractivity contribution is -0.137. The number of anilines is 1. The van der Waals surface area contributed by atoms with E-state index in [2.05, 4.69) is 15.3 Å². The van der Waals surface area contributed by atoms with Crippen LogP contribution >= 0.6 is 0 Å². The molecule has 0 aromatic carbocycles. The molecule has 0 aliphatic carbocycles. The second kappa shape index (κ2) is 6.78. The van der Waals surface area contributed by atoms with Crippen LogP contribution in [0.4, 0.5) is 5.82 Å². The summed E-state index contributed by atoms with van der Waals surface area (Å²) in [5.41, 5.74) is 0. The molecule has 0 fully saturated rings. The summed E-state index contributed by atoms with van der Waals surface area (Å²) >= 11 is 0. The third-order valence-electron chi connectivity index (χ3n) is 2.45. The monoisotopic (exact) mass is 253 g/mol. The maximum Gasteiger partial charge on any atom is 0.303 e. The molecule has 1 rings (SSSR count). The van der Waals surface area contributed by atoms with E-state index in [0.717, 1.165) is 6.42 Å². The van der Waals surface area contributed by atoms with Gasteiger partial charge in [-0.15, -0.1) is 0 Å². The van der Waals surface area contributed by atoms with Crippen LogP contribution in [-0.4, -0.2) is 34.2 Å². The van der Waals surface area contributed by atoms with Crippen molar-refractivity contribution >= 4 is 11.8 Å². The predicted octanol–water partition coefficient (Wildman–Crippen LogP) is 1.85. The second-order valence-corrected chi connectivity index (χ2v) is 4.17. The summed E-state index contributed by atoms with van der Waals surface area (Å²) in [6.45, 7) is 3.79. The van der Waals surface area contributed by atoms with Gasteiger partial charge < -0.3 is 15.2 Å². The van der Waals surface area contributed by atoms with Crippen LogP contribution in [0.15, 0.2) is 6.07 Å². The predicted molar refractivity (Wildman–Crippen MR) is 67.9 cm³/mol. The van der Waals surface area contributed by atoms with Crippen LogP contribution in [0.3, 0.4) is 0 Å². The van der Waals surface area contributed by atoms with Crippen molar-refractivity contribution in [2.75, 3.05) is 12.4 Å². The fraction of sp³-hybridized carbons (Fsp3) is 0.583. The molecule has 0 bridgehead atoms. The van der Waals surface area contributed by atoms with E-state index in [9.17, 15) is 4.79 Å². The molecule has 2 N–H and O–H groups in total. The molecule has 18 heavy (non-hydrogen) atoms. The van der Waals surface area contributed by atoms with E-state index in [0.29, 0.717) is 23.9 Å². The minimum Gasteiger partial charge on any atom is -0.481 e. The molecule has 1 atom stereocenters. The van der Waals surface area contributed by atoms with E-state index in [1.807, 2.05) is 6.92 Å². The normalized spacial score (nSPS) is 11.9. The first-order valence-electron chi connectivity index (χ1n) is 5.89. The zero-order valence-corrected chi connectivity index (χ0v) is 10.9. The quantitative estimate of drug-likeness (QED) is 0.771. The molecule has 0 saturated carbocycles. The molecule has 0 aliphatic rings. The fourth-order valence-corrected chi connectivity index (χ4v) is 1.60. The second-order valence-electron chi connectivity index (χ2n) is 4.17. The maximum absolute atomic E-state index is 10.4. The van der Waals surface area contributed by atoms with Crippen molar-refractivity contribution in [3.05, 3.63) is 11.9 Å². The summed E-state index contributed by atoms with van der Waals surface area (Å²) in [6, 6.07) is 1.88. The fourth-order valence-electron chi connectivity index (χ4n) is 1.60. The van der Waals surface area contributed by atoms with Gasteiger partial charge in [0.15, 0.2) is 0 Å².